The van der Waals surface area contributed by atoms with Gasteiger partial charge in [0.1, 0.15) is 12.4 Å². The number of aromatic nitrogens is 1. The Morgan fingerprint density at radius 1 is 1.50 bits per heavy atom. The average Bonchev–Trinajstić information content (AvgIpc) is 2.99. The first kappa shape index (κ1) is 17.4. The van der Waals surface area contributed by atoms with Gasteiger partial charge in [0.2, 0.25) is 0 Å². The number of nitrogens with two attached hydrogens (primary N) is 1. The number of oxazole rings is 1. The molecular formula is C17H22BrN3O3. The number of hydrogen-bond donors (Lipinski definition) is 2. The minimum atomic E-state index is -0.470. The lowest BCUT2D eigenvalue weighted by molar-refractivity contribution is 0.111. The van der Waals surface area contributed by atoms with E-state index >= 15 is 0 Å². The van der Waals surface area contributed by atoms with Gasteiger partial charge in [-0.3, -0.25) is 4.90 Å². The van der Waals surface area contributed by atoms with Crippen molar-refractivity contribution in [3.63, 3.8) is 0 Å². The molecule has 2 aromatic rings. The van der Waals surface area contributed by atoms with Crippen molar-refractivity contribution < 1.29 is 14.3 Å². The quantitative estimate of drug-likeness (QED) is 0.777. The third kappa shape index (κ3) is 3.80. The number of rotatable bonds is 6. The first-order valence-corrected chi connectivity index (χ1v) is 8.80. The maximum absolute atomic E-state index is 9.73. The number of aryl methyl sites for hydroxylation is 1. The van der Waals surface area contributed by atoms with E-state index < -0.39 is 6.10 Å². The summed E-state index contributed by atoms with van der Waals surface area (Å²) in [6.45, 7) is 4.86. The molecule has 0 bridgehead atoms. The summed E-state index contributed by atoms with van der Waals surface area (Å²) in [5, 5.41) is 9.73. The largest absolute Gasteiger partial charge is 0.484 e. The highest BCUT2D eigenvalue weighted by Gasteiger charge is 2.22. The van der Waals surface area contributed by atoms with Crippen molar-refractivity contribution in [2.24, 2.45) is 5.73 Å². The van der Waals surface area contributed by atoms with E-state index in [4.69, 9.17) is 14.9 Å². The summed E-state index contributed by atoms with van der Waals surface area (Å²) >= 11 is 3.68. The van der Waals surface area contributed by atoms with E-state index in [0.29, 0.717) is 19.7 Å². The van der Waals surface area contributed by atoms with E-state index in [-0.39, 0.29) is 0 Å². The van der Waals surface area contributed by atoms with E-state index in [1.54, 1.807) is 0 Å². The molecule has 1 atom stereocenters. The smallest absolute Gasteiger partial charge is 0.181 e. The molecular weight excluding hydrogens is 374 g/mol. The molecule has 1 aliphatic rings. The summed E-state index contributed by atoms with van der Waals surface area (Å²) < 4.78 is 12.2. The van der Waals surface area contributed by atoms with Crippen LogP contribution in [0.25, 0.3) is 0 Å². The van der Waals surface area contributed by atoms with Crippen LogP contribution in [0.5, 0.6) is 5.75 Å². The lowest BCUT2D eigenvalue weighted by Crippen LogP contribution is -2.39. The van der Waals surface area contributed by atoms with Crippen LogP contribution in [0.15, 0.2) is 27.4 Å². The zero-order chi connectivity index (χ0) is 17.1. The Labute approximate surface area is 149 Å². The molecule has 0 spiro atoms. The number of fused-ring (bicyclic) bond motifs is 1. The Bertz CT molecular complexity index is 704. The van der Waals surface area contributed by atoms with Gasteiger partial charge in [0.25, 0.3) is 0 Å². The Balaban J connectivity index is 1.69. The van der Waals surface area contributed by atoms with Crippen molar-refractivity contribution in [2.75, 3.05) is 19.6 Å². The molecule has 0 saturated heterocycles. The first-order valence-electron chi connectivity index (χ1n) is 8.01. The van der Waals surface area contributed by atoms with Crippen LogP contribution in [0.2, 0.25) is 0 Å². The maximum atomic E-state index is 9.73. The molecule has 24 heavy (non-hydrogen) atoms. The number of hydrogen-bond acceptors (Lipinski definition) is 6. The predicted octanol–water partition coefficient (Wildman–Crippen LogP) is 2.00. The zero-order valence-corrected chi connectivity index (χ0v) is 15.3. The van der Waals surface area contributed by atoms with Crippen LogP contribution >= 0.6 is 15.9 Å². The number of aliphatic hydroxyl groups excluding tert-OH is 1. The van der Waals surface area contributed by atoms with Gasteiger partial charge in [0.05, 0.1) is 16.3 Å². The van der Waals surface area contributed by atoms with E-state index in [2.05, 4.69) is 31.9 Å². The Kier molecular flexibility index (Phi) is 5.55. The number of ether oxygens (including phenoxy) is 1. The topological polar surface area (TPSA) is 84.8 Å². The monoisotopic (exact) mass is 395 g/mol. The van der Waals surface area contributed by atoms with Gasteiger partial charge >= 0.3 is 0 Å². The summed E-state index contributed by atoms with van der Waals surface area (Å²) in [5.74, 6) is 1.54. The Morgan fingerprint density at radius 3 is 3.04 bits per heavy atom. The number of β-amino-alcohol motifs (C(OH)–C–C–N with tert-alkyl or cyclic N) is 1. The van der Waals surface area contributed by atoms with Gasteiger partial charge in [-0.1, -0.05) is 6.07 Å². The third-order valence-corrected chi connectivity index (χ3v) is 5.19. The fraction of sp³-hybridized carbons (Fsp3) is 0.471. The van der Waals surface area contributed by atoms with Gasteiger partial charge in [0.15, 0.2) is 12.2 Å². The molecule has 6 nitrogen and oxygen atoms in total. The number of halogens is 1. The fourth-order valence-electron chi connectivity index (χ4n) is 2.90. The molecule has 0 amide bonds. The van der Waals surface area contributed by atoms with Crippen LogP contribution in [-0.4, -0.2) is 40.7 Å². The molecule has 2 heterocycles. The predicted molar refractivity (Wildman–Crippen MR) is 93.8 cm³/mol. The highest BCUT2D eigenvalue weighted by molar-refractivity contribution is 9.10. The second kappa shape index (κ2) is 7.65. The summed E-state index contributed by atoms with van der Waals surface area (Å²) in [6.07, 6.45) is 1.87. The average molecular weight is 396 g/mol. The molecule has 3 N–H and O–H groups in total. The number of aliphatic hydroxyl groups is 1. The molecule has 1 aromatic heterocycles. The van der Waals surface area contributed by atoms with Crippen LogP contribution in [-0.2, 0) is 19.6 Å². The summed E-state index contributed by atoms with van der Waals surface area (Å²) in [6, 6.07) is 4.06. The Hall–Kier alpha value is -1.41. The van der Waals surface area contributed by atoms with Crippen molar-refractivity contribution in [3.8, 4) is 5.75 Å². The Morgan fingerprint density at radius 2 is 2.33 bits per heavy atom. The van der Waals surface area contributed by atoms with Crippen LogP contribution in [0.4, 0.5) is 0 Å². The maximum Gasteiger partial charge on any atom is 0.181 e. The van der Waals surface area contributed by atoms with Gasteiger partial charge in [-0.25, -0.2) is 4.98 Å². The molecule has 130 valence electrons. The van der Waals surface area contributed by atoms with Gasteiger partial charge in [-0.15, -0.1) is 0 Å². The van der Waals surface area contributed by atoms with Crippen molar-refractivity contribution >= 4 is 15.9 Å². The molecule has 1 aliphatic heterocycles. The van der Waals surface area contributed by atoms with Gasteiger partial charge in [-0.2, -0.15) is 0 Å². The fourth-order valence-corrected chi connectivity index (χ4v) is 3.60. The summed E-state index contributed by atoms with van der Waals surface area (Å²) in [4.78, 5) is 6.29. The minimum Gasteiger partial charge on any atom is -0.484 e. The molecule has 0 unspecified atom stereocenters. The van der Waals surface area contributed by atoms with Crippen molar-refractivity contribution in [1.29, 1.82) is 0 Å². The van der Waals surface area contributed by atoms with Gasteiger partial charge in [0, 0.05) is 26.2 Å². The highest BCUT2D eigenvalue weighted by Crippen LogP contribution is 2.35. The normalized spacial score (nSPS) is 16.0. The second-order valence-corrected chi connectivity index (χ2v) is 6.83. The second-order valence-electron chi connectivity index (χ2n) is 6.04. The molecule has 7 heteroatoms. The van der Waals surface area contributed by atoms with E-state index in [0.717, 1.165) is 41.2 Å². The molecule has 1 aromatic carbocycles. The molecule has 0 radical (unpaired) electrons. The standard InChI is InChI=1S/C17H22BrN3O3/c1-11-16(24-10-20-11)9-23-15-3-2-12-7-21(8-13(22)6-19)5-4-14(12)17(15)18/h2-3,10,13,22H,4-9,19H2,1H3/t13-/m0/s1. The first-order chi connectivity index (χ1) is 11.6. The van der Waals surface area contributed by atoms with Crippen molar-refractivity contribution in [2.45, 2.75) is 32.6 Å². The minimum absolute atomic E-state index is 0.293. The summed E-state index contributed by atoms with van der Waals surface area (Å²) in [7, 11) is 0. The number of nitrogens with zero attached hydrogens (tertiary/aromatic N) is 2. The van der Waals surface area contributed by atoms with Gasteiger partial charge in [-0.05, 0) is 46.5 Å². The lowest BCUT2D eigenvalue weighted by Gasteiger charge is -2.31. The van der Waals surface area contributed by atoms with Crippen LogP contribution < -0.4 is 10.5 Å². The van der Waals surface area contributed by atoms with Gasteiger partial charge < -0.3 is 20.0 Å². The van der Waals surface area contributed by atoms with Crippen molar-refractivity contribution in [3.05, 3.63) is 45.6 Å². The van der Waals surface area contributed by atoms with E-state index in [1.807, 2.05) is 13.0 Å². The van der Waals surface area contributed by atoms with Crippen molar-refractivity contribution in [1.82, 2.24) is 9.88 Å². The van der Waals surface area contributed by atoms with Crippen LogP contribution in [0, 0.1) is 6.92 Å². The van der Waals surface area contributed by atoms with Crippen LogP contribution in [0.1, 0.15) is 22.6 Å². The molecule has 0 fully saturated rings. The summed E-state index contributed by atoms with van der Waals surface area (Å²) in [5.41, 5.74) is 8.86. The third-order valence-electron chi connectivity index (χ3n) is 4.32. The number of benzene rings is 1. The molecule has 0 saturated carbocycles. The molecule has 0 aliphatic carbocycles. The highest BCUT2D eigenvalue weighted by atomic mass is 79.9. The zero-order valence-electron chi connectivity index (χ0n) is 13.7. The SMILES string of the molecule is Cc1ncoc1COc1ccc2c(c1Br)CCN(C[C@@H](O)CN)C2. The molecule has 3 rings (SSSR count). The van der Waals surface area contributed by atoms with E-state index in [9.17, 15) is 5.11 Å². The van der Waals surface area contributed by atoms with Crippen LogP contribution in [0.3, 0.4) is 0 Å². The lowest BCUT2D eigenvalue weighted by atomic mass is 9.99. The van der Waals surface area contributed by atoms with E-state index in [1.165, 1.54) is 17.5 Å².